The summed E-state index contributed by atoms with van der Waals surface area (Å²) in [6, 6.07) is 5.07. The zero-order valence-electron chi connectivity index (χ0n) is 15.5. The number of hydrogen-bond donors (Lipinski definition) is 0. The van der Waals surface area contributed by atoms with Gasteiger partial charge in [0.2, 0.25) is 0 Å². The summed E-state index contributed by atoms with van der Waals surface area (Å²) in [4.78, 5) is 6.65. The highest BCUT2D eigenvalue weighted by molar-refractivity contribution is 7.12. The maximum atomic E-state index is 2.58. The van der Waals surface area contributed by atoms with E-state index in [1.807, 2.05) is 0 Å². The van der Waals surface area contributed by atoms with E-state index in [-0.39, 0.29) is 0 Å². The Morgan fingerprint density at radius 2 is 1.80 bits per heavy atom. The lowest BCUT2D eigenvalue weighted by Crippen LogP contribution is -2.15. The van der Waals surface area contributed by atoms with Gasteiger partial charge in [-0.15, -0.1) is 22.7 Å². The van der Waals surface area contributed by atoms with Crippen LogP contribution in [0.15, 0.2) is 12.1 Å². The quantitative estimate of drug-likeness (QED) is 0.551. The van der Waals surface area contributed by atoms with Crippen LogP contribution in [0.3, 0.4) is 0 Å². The predicted octanol–water partition coefficient (Wildman–Crippen LogP) is 6.90. The van der Waals surface area contributed by atoms with Crippen LogP contribution in [0, 0.1) is 18.3 Å². The largest absolute Gasteiger partial charge is 0.145 e. The summed E-state index contributed by atoms with van der Waals surface area (Å²) in [5.74, 6) is 1.01. The summed E-state index contributed by atoms with van der Waals surface area (Å²) >= 11 is 4.21. The summed E-state index contributed by atoms with van der Waals surface area (Å²) in [5.41, 5.74) is 4.11. The van der Waals surface area contributed by atoms with Gasteiger partial charge in [-0.25, -0.2) is 0 Å². The molecule has 0 aromatic carbocycles. The minimum atomic E-state index is 0.701. The first kappa shape index (κ1) is 16.6. The van der Waals surface area contributed by atoms with Crippen molar-refractivity contribution in [3.63, 3.8) is 0 Å². The molecule has 3 aliphatic rings. The monoisotopic (exact) mass is 370 g/mol. The second-order valence-corrected chi connectivity index (χ2v) is 11.4. The van der Waals surface area contributed by atoms with E-state index >= 15 is 0 Å². The molecule has 2 unspecified atom stereocenters. The van der Waals surface area contributed by atoms with Crippen LogP contribution in [0.2, 0.25) is 0 Å². The Balaban J connectivity index is 1.21. The van der Waals surface area contributed by atoms with Gasteiger partial charge in [-0.05, 0) is 106 Å². The van der Waals surface area contributed by atoms with E-state index in [9.17, 15) is 0 Å². The first-order valence-electron chi connectivity index (χ1n) is 10.4. The molecule has 0 saturated heterocycles. The third-order valence-electron chi connectivity index (χ3n) is 7.06. The summed E-state index contributed by atoms with van der Waals surface area (Å²) < 4.78 is 0. The number of aryl methyl sites for hydroxylation is 5. The third-order valence-corrected chi connectivity index (χ3v) is 9.51. The Hall–Kier alpha value is -0.600. The van der Waals surface area contributed by atoms with Gasteiger partial charge in [0.25, 0.3) is 0 Å². The van der Waals surface area contributed by atoms with E-state index in [1.165, 1.54) is 81.9 Å². The molecular formula is C23H30S2. The standard InChI is InChI=1S/C23H30S2/c1-16-12-18-14-23(11-10-22(18)24-16)15-19(23)8-9-20-13-17-6-4-2-3-5-7-21(17)25-20/h12-13,19H,2-11,14-15H2,1H3. The van der Waals surface area contributed by atoms with Gasteiger partial charge in [0.05, 0.1) is 0 Å². The number of thiophene rings is 2. The molecule has 5 rings (SSSR count). The zero-order valence-corrected chi connectivity index (χ0v) is 17.2. The van der Waals surface area contributed by atoms with E-state index in [0.29, 0.717) is 5.41 Å². The molecule has 2 heteroatoms. The summed E-state index contributed by atoms with van der Waals surface area (Å²) in [6.45, 7) is 2.28. The van der Waals surface area contributed by atoms with Crippen LogP contribution in [-0.2, 0) is 32.1 Å². The molecule has 2 atom stereocenters. The minimum absolute atomic E-state index is 0.701. The average Bonchev–Trinajstić information content (AvgIpc) is 2.89. The van der Waals surface area contributed by atoms with Gasteiger partial charge in [0.1, 0.15) is 0 Å². The van der Waals surface area contributed by atoms with E-state index in [0.717, 1.165) is 5.92 Å². The molecule has 1 saturated carbocycles. The van der Waals surface area contributed by atoms with Crippen molar-refractivity contribution in [3.05, 3.63) is 42.8 Å². The van der Waals surface area contributed by atoms with Crippen LogP contribution in [0.4, 0.5) is 0 Å². The molecule has 25 heavy (non-hydrogen) atoms. The molecule has 1 fully saturated rings. The average molecular weight is 371 g/mol. The predicted molar refractivity (Wildman–Crippen MR) is 110 cm³/mol. The summed E-state index contributed by atoms with van der Waals surface area (Å²) in [5, 5.41) is 0. The molecule has 134 valence electrons. The Morgan fingerprint density at radius 1 is 0.960 bits per heavy atom. The molecule has 0 nitrogen and oxygen atoms in total. The molecule has 0 bridgehead atoms. The lowest BCUT2D eigenvalue weighted by molar-refractivity contribution is 0.387. The highest BCUT2D eigenvalue weighted by atomic mass is 32.1. The Morgan fingerprint density at radius 3 is 2.72 bits per heavy atom. The lowest BCUT2D eigenvalue weighted by atomic mass is 9.83. The van der Waals surface area contributed by atoms with Crippen LogP contribution < -0.4 is 0 Å². The van der Waals surface area contributed by atoms with Gasteiger partial charge < -0.3 is 0 Å². The number of rotatable bonds is 3. The zero-order chi connectivity index (χ0) is 16.9. The van der Waals surface area contributed by atoms with Crippen molar-refractivity contribution >= 4 is 22.7 Å². The fourth-order valence-electron chi connectivity index (χ4n) is 5.51. The summed E-state index contributed by atoms with van der Waals surface area (Å²) in [7, 11) is 0. The van der Waals surface area contributed by atoms with Gasteiger partial charge in [0, 0.05) is 19.5 Å². The topological polar surface area (TPSA) is 0 Å². The first-order chi connectivity index (χ1) is 12.2. The van der Waals surface area contributed by atoms with Crippen LogP contribution >= 0.6 is 22.7 Å². The van der Waals surface area contributed by atoms with Crippen molar-refractivity contribution in [2.45, 2.75) is 84.0 Å². The highest BCUT2D eigenvalue weighted by Gasteiger charge is 2.54. The molecule has 3 aliphatic carbocycles. The van der Waals surface area contributed by atoms with Gasteiger partial charge in [-0.3, -0.25) is 0 Å². The first-order valence-corrected chi connectivity index (χ1v) is 12.0. The smallest absolute Gasteiger partial charge is 0.00804 e. The lowest BCUT2D eigenvalue weighted by Gasteiger charge is -2.23. The SMILES string of the molecule is Cc1cc2c(s1)CCC1(C2)CC1CCc1cc2c(s1)CCCCCC2. The molecule has 0 aliphatic heterocycles. The summed E-state index contributed by atoms with van der Waals surface area (Å²) in [6.07, 6.45) is 16.9. The van der Waals surface area contributed by atoms with E-state index in [2.05, 4.69) is 41.7 Å². The Labute approximate surface area is 160 Å². The van der Waals surface area contributed by atoms with Crippen LogP contribution in [0.1, 0.15) is 75.6 Å². The number of hydrogen-bond acceptors (Lipinski definition) is 2. The van der Waals surface area contributed by atoms with E-state index < -0.39 is 0 Å². The normalized spacial score (nSPS) is 28.3. The molecule has 2 heterocycles. The minimum Gasteiger partial charge on any atom is -0.145 e. The Kier molecular flexibility index (Phi) is 4.33. The fraction of sp³-hybridized carbons (Fsp3) is 0.652. The molecule has 2 aromatic heterocycles. The maximum absolute atomic E-state index is 2.58. The van der Waals surface area contributed by atoms with Gasteiger partial charge in [0.15, 0.2) is 0 Å². The molecule has 2 aromatic rings. The van der Waals surface area contributed by atoms with E-state index in [4.69, 9.17) is 0 Å². The maximum Gasteiger partial charge on any atom is 0.00804 e. The van der Waals surface area contributed by atoms with Crippen molar-refractivity contribution < 1.29 is 0 Å². The molecule has 1 spiro atoms. The van der Waals surface area contributed by atoms with Crippen LogP contribution in [0.25, 0.3) is 0 Å². The number of fused-ring (bicyclic) bond motifs is 2. The van der Waals surface area contributed by atoms with E-state index in [1.54, 1.807) is 25.8 Å². The third kappa shape index (κ3) is 3.25. The van der Waals surface area contributed by atoms with Crippen LogP contribution in [0.5, 0.6) is 0 Å². The van der Waals surface area contributed by atoms with Crippen molar-refractivity contribution in [2.24, 2.45) is 11.3 Å². The van der Waals surface area contributed by atoms with Crippen molar-refractivity contribution in [3.8, 4) is 0 Å². The molecule has 0 amide bonds. The molecule has 0 N–H and O–H groups in total. The second kappa shape index (κ2) is 6.53. The molecule has 0 radical (unpaired) electrons. The second-order valence-electron chi connectivity index (χ2n) is 8.86. The van der Waals surface area contributed by atoms with Crippen molar-refractivity contribution in [2.75, 3.05) is 0 Å². The highest BCUT2D eigenvalue weighted by Crippen LogP contribution is 2.62. The van der Waals surface area contributed by atoms with Crippen LogP contribution in [-0.4, -0.2) is 0 Å². The molecular weight excluding hydrogens is 340 g/mol. The van der Waals surface area contributed by atoms with Crippen molar-refractivity contribution in [1.82, 2.24) is 0 Å². The van der Waals surface area contributed by atoms with Gasteiger partial charge in [-0.1, -0.05) is 12.8 Å². The Bertz CT molecular complexity index is 740. The van der Waals surface area contributed by atoms with Crippen molar-refractivity contribution in [1.29, 1.82) is 0 Å². The van der Waals surface area contributed by atoms with Gasteiger partial charge >= 0.3 is 0 Å². The fourth-order valence-corrected chi connectivity index (χ4v) is 7.85. The van der Waals surface area contributed by atoms with Gasteiger partial charge in [-0.2, -0.15) is 0 Å².